The van der Waals surface area contributed by atoms with Crippen LogP contribution in [0, 0.1) is 6.92 Å². The zero-order valence-electron chi connectivity index (χ0n) is 18.0. The minimum Gasteiger partial charge on any atom is -0.493 e. The molecule has 0 spiro atoms. The number of aromatic nitrogens is 4. The van der Waals surface area contributed by atoms with Gasteiger partial charge in [0.2, 0.25) is 11.6 Å². The van der Waals surface area contributed by atoms with Crippen LogP contribution in [0.4, 0.5) is 11.6 Å². The topological polar surface area (TPSA) is 125 Å². The molecule has 0 atom stereocenters. The lowest BCUT2D eigenvalue weighted by Gasteiger charge is -2.11. The normalized spacial score (nSPS) is 10.8. The molecule has 0 bridgehead atoms. The van der Waals surface area contributed by atoms with Gasteiger partial charge in [0, 0.05) is 12.7 Å². The van der Waals surface area contributed by atoms with E-state index in [9.17, 15) is 4.79 Å². The number of hydrogen-bond donors (Lipinski definition) is 2. The molecule has 3 heterocycles. The third kappa shape index (κ3) is 3.87. The Labute approximate surface area is 183 Å². The van der Waals surface area contributed by atoms with Gasteiger partial charge in [-0.15, -0.1) is 0 Å². The lowest BCUT2D eigenvalue weighted by atomic mass is 10.2. The Hall–Kier alpha value is -4.28. The molecule has 0 unspecified atom stereocenters. The van der Waals surface area contributed by atoms with Crippen molar-refractivity contribution in [1.82, 2.24) is 19.6 Å². The van der Waals surface area contributed by atoms with Gasteiger partial charge in [0.25, 0.3) is 5.91 Å². The Balaban J connectivity index is 1.55. The minimum absolute atomic E-state index is 0.271. The Morgan fingerprint density at radius 1 is 1.16 bits per heavy atom. The van der Waals surface area contributed by atoms with Crippen molar-refractivity contribution in [3.05, 3.63) is 53.9 Å². The molecule has 4 aromatic rings. The number of furan rings is 1. The first-order valence-electron chi connectivity index (χ1n) is 9.62. The van der Waals surface area contributed by atoms with E-state index in [1.54, 1.807) is 21.1 Å². The summed E-state index contributed by atoms with van der Waals surface area (Å²) in [7, 11) is 4.67. The van der Waals surface area contributed by atoms with Gasteiger partial charge >= 0.3 is 0 Å². The Morgan fingerprint density at radius 2 is 1.97 bits per heavy atom. The van der Waals surface area contributed by atoms with E-state index >= 15 is 0 Å². The van der Waals surface area contributed by atoms with Gasteiger partial charge in [0.15, 0.2) is 17.1 Å². The first-order valence-corrected chi connectivity index (χ1v) is 9.62. The van der Waals surface area contributed by atoms with Gasteiger partial charge in [-0.2, -0.15) is 5.10 Å². The SMILES string of the molecule is COc1ccc(CNc2oc(C)c(NC(=O)c3cncn4ncnc34)c2OC)cc1OC. The monoisotopic (exact) mass is 438 g/mol. The largest absolute Gasteiger partial charge is 0.493 e. The zero-order chi connectivity index (χ0) is 22.7. The molecule has 3 aromatic heterocycles. The van der Waals surface area contributed by atoms with Crippen LogP contribution in [-0.4, -0.2) is 46.8 Å². The summed E-state index contributed by atoms with van der Waals surface area (Å²) in [6.07, 6.45) is 4.25. The maximum absolute atomic E-state index is 12.9. The highest BCUT2D eigenvalue weighted by molar-refractivity contribution is 6.09. The van der Waals surface area contributed by atoms with Crippen molar-refractivity contribution in [3.63, 3.8) is 0 Å². The van der Waals surface area contributed by atoms with E-state index in [2.05, 4.69) is 25.7 Å². The van der Waals surface area contributed by atoms with Crippen LogP contribution in [0.1, 0.15) is 21.7 Å². The molecule has 0 aliphatic heterocycles. The molecule has 0 fully saturated rings. The van der Waals surface area contributed by atoms with Gasteiger partial charge in [-0.3, -0.25) is 4.79 Å². The van der Waals surface area contributed by atoms with E-state index in [0.29, 0.717) is 46.8 Å². The van der Waals surface area contributed by atoms with Crippen molar-refractivity contribution in [2.24, 2.45) is 0 Å². The second-order valence-corrected chi connectivity index (χ2v) is 6.73. The highest BCUT2D eigenvalue weighted by Gasteiger charge is 2.23. The predicted octanol–water partition coefficient (Wildman–Crippen LogP) is 2.92. The second-order valence-electron chi connectivity index (χ2n) is 6.73. The number of aryl methyl sites for hydroxylation is 1. The van der Waals surface area contributed by atoms with Crippen LogP contribution in [0.25, 0.3) is 5.65 Å². The average molecular weight is 438 g/mol. The number of nitrogens with one attached hydrogen (secondary N) is 2. The van der Waals surface area contributed by atoms with Crippen molar-refractivity contribution in [3.8, 4) is 17.2 Å². The average Bonchev–Trinajstić information content (AvgIpc) is 3.41. The lowest BCUT2D eigenvalue weighted by molar-refractivity contribution is 0.102. The van der Waals surface area contributed by atoms with Crippen LogP contribution < -0.4 is 24.8 Å². The molecule has 166 valence electrons. The number of methoxy groups -OCH3 is 3. The number of hydrogen-bond acceptors (Lipinski definition) is 9. The van der Waals surface area contributed by atoms with Crippen LogP contribution in [0.3, 0.4) is 0 Å². The number of ether oxygens (including phenoxy) is 3. The third-order valence-corrected chi connectivity index (χ3v) is 4.82. The molecule has 0 aliphatic rings. The molecule has 0 radical (unpaired) electrons. The fourth-order valence-corrected chi connectivity index (χ4v) is 3.25. The van der Waals surface area contributed by atoms with Crippen molar-refractivity contribution in [2.45, 2.75) is 13.5 Å². The first-order chi connectivity index (χ1) is 15.5. The molecule has 1 aromatic carbocycles. The summed E-state index contributed by atoms with van der Waals surface area (Å²) >= 11 is 0. The summed E-state index contributed by atoms with van der Waals surface area (Å²) in [5.74, 6) is 2.09. The number of benzene rings is 1. The van der Waals surface area contributed by atoms with Crippen LogP contribution in [0.2, 0.25) is 0 Å². The van der Waals surface area contributed by atoms with E-state index in [1.807, 2.05) is 18.2 Å². The van der Waals surface area contributed by atoms with Gasteiger partial charge < -0.3 is 29.3 Å². The van der Waals surface area contributed by atoms with Crippen LogP contribution in [0.15, 0.2) is 41.5 Å². The second kappa shape index (κ2) is 8.84. The highest BCUT2D eigenvalue weighted by Crippen LogP contribution is 2.40. The van der Waals surface area contributed by atoms with Crippen molar-refractivity contribution in [1.29, 1.82) is 0 Å². The Kier molecular flexibility index (Phi) is 5.79. The van der Waals surface area contributed by atoms with Crippen LogP contribution in [0.5, 0.6) is 17.2 Å². The molecule has 11 nitrogen and oxygen atoms in total. The summed E-state index contributed by atoms with van der Waals surface area (Å²) in [6, 6.07) is 5.60. The number of nitrogens with zero attached hydrogens (tertiary/aromatic N) is 4. The van der Waals surface area contributed by atoms with Crippen molar-refractivity contribution in [2.75, 3.05) is 32.0 Å². The molecular formula is C21H22N6O5. The third-order valence-electron chi connectivity index (χ3n) is 4.82. The smallest absolute Gasteiger partial charge is 0.261 e. The molecule has 32 heavy (non-hydrogen) atoms. The van der Waals surface area contributed by atoms with Gasteiger partial charge in [-0.1, -0.05) is 6.07 Å². The molecule has 1 amide bonds. The maximum Gasteiger partial charge on any atom is 0.261 e. The molecular weight excluding hydrogens is 416 g/mol. The zero-order valence-corrected chi connectivity index (χ0v) is 18.0. The van der Waals surface area contributed by atoms with E-state index in [-0.39, 0.29) is 5.56 Å². The highest BCUT2D eigenvalue weighted by atomic mass is 16.5. The fourth-order valence-electron chi connectivity index (χ4n) is 3.25. The number of rotatable bonds is 8. The Morgan fingerprint density at radius 3 is 2.72 bits per heavy atom. The molecule has 0 saturated carbocycles. The number of amides is 1. The molecule has 2 N–H and O–H groups in total. The summed E-state index contributed by atoms with van der Waals surface area (Å²) < 4.78 is 23.4. The van der Waals surface area contributed by atoms with Crippen molar-refractivity contribution >= 4 is 23.1 Å². The van der Waals surface area contributed by atoms with Crippen LogP contribution >= 0.6 is 0 Å². The summed E-state index contributed by atoms with van der Waals surface area (Å²) in [4.78, 5) is 21.0. The lowest BCUT2D eigenvalue weighted by Crippen LogP contribution is -2.15. The minimum atomic E-state index is -0.412. The van der Waals surface area contributed by atoms with Gasteiger partial charge in [-0.25, -0.2) is 14.5 Å². The van der Waals surface area contributed by atoms with Crippen LogP contribution in [-0.2, 0) is 6.54 Å². The first kappa shape index (κ1) is 21.0. The number of fused-ring (bicyclic) bond motifs is 1. The van der Waals surface area contributed by atoms with Gasteiger partial charge in [0.1, 0.15) is 29.7 Å². The van der Waals surface area contributed by atoms with E-state index in [4.69, 9.17) is 18.6 Å². The van der Waals surface area contributed by atoms with E-state index in [0.717, 1.165) is 5.56 Å². The standard InChI is InChI=1S/C21H22N6O5/c1-12-17(26-20(28)14-9-22-11-27-19(14)24-10-25-27)18(31-4)21(32-12)23-8-13-5-6-15(29-2)16(7-13)30-3/h5-7,9-11,23H,8H2,1-4H3,(H,26,28). The fraction of sp³-hybridized carbons (Fsp3) is 0.238. The molecule has 0 aliphatic carbocycles. The van der Waals surface area contributed by atoms with E-state index in [1.165, 1.54) is 30.5 Å². The number of anilines is 2. The summed E-state index contributed by atoms with van der Waals surface area (Å²) in [5.41, 5.74) is 2.01. The van der Waals surface area contributed by atoms with Crippen molar-refractivity contribution < 1.29 is 23.4 Å². The van der Waals surface area contributed by atoms with E-state index < -0.39 is 5.91 Å². The number of carbonyl (C=O) groups is 1. The van der Waals surface area contributed by atoms with Gasteiger partial charge in [0.05, 0.1) is 21.3 Å². The summed E-state index contributed by atoms with van der Waals surface area (Å²) in [5, 5.41) is 10.0. The Bertz CT molecular complexity index is 1270. The molecule has 0 saturated heterocycles. The number of carbonyl (C=O) groups excluding carboxylic acids is 1. The molecule has 4 rings (SSSR count). The summed E-state index contributed by atoms with van der Waals surface area (Å²) in [6.45, 7) is 2.16. The predicted molar refractivity (Wildman–Crippen MR) is 116 cm³/mol. The quantitative estimate of drug-likeness (QED) is 0.427. The van der Waals surface area contributed by atoms with Gasteiger partial charge in [-0.05, 0) is 24.6 Å². The maximum atomic E-state index is 12.9. The molecule has 11 heteroatoms.